The highest BCUT2D eigenvalue weighted by Gasteiger charge is 2.17. The van der Waals surface area contributed by atoms with Gasteiger partial charge in [0, 0.05) is 16.7 Å². The van der Waals surface area contributed by atoms with Crippen LogP contribution in [-0.2, 0) is 10.5 Å². The number of hydrogen-bond donors (Lipinski definition) is 1. The molecule has 1 aromatic carbocycles. The quantitative estimate of drug-likeness (QED) is 0.436. The molecule has 0 unspecified atom stereocenters. The third-order valence-electron chi connectivity index (χ3n) is 4.48. The second kappa shape index (κ2) is 8.26. The summed E-state index contributed by atoms with van der Waals surface area (Å²) in [6.07, 6.45) is 1.59. The van der Waals surface area contributed by atoms with Crippen molar-refractivity contribution >= 4 is 39.3 Å². The van der Waals surface area contributed by atoms with Gasteiger partial charge < -0.3 is 14.1 Å². The number of esters is 1. The molecule has 0 aliphatic rings. The maximum absolute atomic E-state index is 12.7. The average Bonchev–Trinajstić information content (AvgIpc) is 3.41. The zero-order valence-corrected chi connectivity index (χ0v) is 17.4. The van der Waals surface area contributed by atoms with Crippen LogP contribution in [0.15, 0.2) is 57.3 Å². The second-order valence-corrected chi connectivity index (χ2v) is 8.59. The minimum Gasteiger partial charge on any atom is -0.465 e. The number of ether oxygens (including phenoxy) is 1. The van der Waals surface area contributed by atoms with E-state index in [1.165, 1.54) is 18.4 Å². The van der Waals surface area contributed by atoms with E-state index >= 15 is 0 Å². The van der Waals surface area contributed by atoms with Crippen LogP contribution in [0.5, 0.6) is 0 Å². The SMILES string of the molecule is COC(=O)c1cccc(CS[C@@H](C)c2nc3scc(-c4ccco4)c3c(=O)[nH]2)c1. The van der Waals surface area contributed by atoms with Gasteiger partial charge in [0.05, 0.1) is 29.6 Å². The third kappa shape index (κ3) is 3.99. The molecular formula is C21H18N2O4S2. The molecule has 0 aliphatic carbocycles. The summed E-state index contributed by atoms with van der Waals surface area (Å²) in [6, 6.07) is 11.0. The largest absolute Gasteiger partial charge is 0.465 e. The van der Waals surface area contributed by atoms with Gasteiger partial charge in [-0.3, -0.25) is 4.79 Å². The molecule has 0 saturated heterocycles. The van der Waals surface area contributed by atoms with Crippen molar-refractivity contribution in [2.75, 3.05) is 7.11 Å². The zero-order valence-electron chi connectivity index (χ0n) is 15.8. The van der Waals surface area contributed by atoms with Crippen molar-refractivity contribution in [2.24, 2.45) is 0 Å². The number of carbonyl (C=O) groups excluding carboxylic acids is 1. The van der Waals surface area contributed by atoms with Crippen LogP contribution < -0.4 is 5.56 Å². The lowest BCUT2D eigenvalue weighted by molar-refractivity contribution is 0.0600. The summed E-state index contributed by atoms with van der Waals surface area (Å²) < 4.78 is 10.2. The fourth-order valence-corrected chi connectivity index (χ4v) is 4.80. The van der Waals surface area contributed by atoms with Crippen LogP contribution in [0.4, 0.5) is 0 Å². The molecular weight excluding hydrogens is 408 g/mol. The van der Waals surface area contributed by atoms with Crippen molar-refractivity contribution in [1.82, 2.24) is 9.97 Å². The number of furan rings is 1. The molecule has 0 bridgehead atoms. The number of H-pyrrole nitrogens is 1. The van der Waals surface area contributed by atoms with Crippen molar-refractivity contribution in [3.05, 3.63) is 75.3 Å². The minimum absolute atomic E-state index is 0.0250. The van der Waals surface area contributed by atoms with Gasteiger partial charge in [-0.15, -0.1) is 23.1 Å². The molecule has 3 aromatic heterocycles. The van der Waals surface area contributed by atoms with E-state index in [1.54, 1.807) is 30.2 Å². The summed E-state index contributed by atoms with van der Waals surface area (Å²) in [5.41, 5.74) is 2.12. The van der Waals surface area contributed by atoms with Crippen LogP contribution in [-0.4, -0.2) is 23.0 Å². The second-order valence-electron chi connectivity index (χ2n) is 6.40. The smallest absolute Gasteiger partial charge is 0.337 e. The Morgan fingerprint density at radius 1 is 1.34 bits per heavy atom. The molecule has 8 heteroatoms. The first kappa shape index (κ1) is 19.5. The van der Waals surface area contributed by atoms with Gasteiger partial charge in [-0.25, -0.2) is 9.78 Å². The number of thioether (sulfide) groups is 1. The number of carbonyl (C=O) groups is 1. The maximum atomic E-state index is 12.7. The topological polar surface area (TPSA) is 85.2 Å². The van der Waals surface area contributed by atoms with E-state index in [2.05, 4.69) is 9.97 Å². The minimum atomic E-state index is -0.355. The lowest BCUT2D eigenvalue weighted by atomic mass is 10.1. The molecule has 148 valence electrons. The molecule has 29 heavy (non-hydrogen) atoms. The number of aromatic nitrogens is 2. The van der Waals surface area contributed by atoms with E-state index in [9.17, 15) is 9.59 Å². The molecule has 0 radical (unpaired) electrons. The van der Waals surface area contributed by atoms with Crippen LogP contribution in [0.3, 0.4) is 0 Å². The van der Waals surface area contributed by atoms with E-state index in [4.69, 9.17) is 9.15 Å². The molecule has 1 atom stereocenters. The standard InChI is InChI=1S/C21H18N2O4S2/c1-12(28-10-13-5-3-6-14(9-13)21(25)26-2)18-22-19(24)17-15(11-29-20(17)23-18)16-7-4-8-27-16/h3-9,11-12H,10H2,1-2H3,(H,22,23,24)/t12-/m0/s1. The Balaban J connectivity index is 1.54. The number of benzene rings is 1. The number of rotatable bonds is 6. The van der Waals surface area contributed by atoms with Crippen molar-refractivity contribution in [3.8, 4) is 11.3 Å². The number of nitrogens with one attached hydrogen (secondary N) is 1. The summed E-state index contributed by atoms with van der Waals surface area (Å²) in [5.74, 6) is 1.61. The van der Waals surface area contributed by atoms with Crippen molar-refractivity contribution < 1.29 is 13.9 Å². The molecule has 0 fully saturated rings. The Bertz CT molecular complexity index is 1210. The molecule has 4 aromatic rings. The highest BCUT2D eigenvalue weighted by Crippen LogP contribution is 2.33. The molecule has 6 nitrogen and oxygen atoms in total. The Morgan fingerprint density at radius 2 is 2.21 bits per heavy atom. The lowest BCUT2D eigenvalue weighted by Crippen LogP contribution is -2.12. The van der Waals surface area contributed by atoms with Gasteiger partial charge in [-0.1, -0.05) is 12.1 Å². The summed E-state index contributed by atoms with van der Waals surface area (Å²) >= 11 is 3.06. The predicted molar refractivity (Wildman–Crippen MR) is 115 cm³/mol. The van der Waals surface area contributed by atoms with Crippen LogP contribution >= 0.6 is 23.1 Å². The van der Waals surface area contributed by atoms with Gasteiger partial charge in [0.1, 0.15) is 16.4 Å². The van der Waals surface area contributed by atoms with Crippen LogP contribution in [0, 0.1) is 0 Å². The molecule has 4 rings (SSSR count). The number of nitrogens with zero attached hydrogens (tertiary/aromatic N) is 1. The van der Waals surface area contributed by atoms with Gasteiger partial charge in [0.15, 0.2) is 0 Å². The average molecular weight is 427 g/mol. The Morgan fingerprint density at radius 3 is 2.97 bits per heavy atom. The number of thiophene rings is 1. The molecule has 0 aliphatic heterocycles. The Labute approximate surface area is 174 Å². The zero-order chi connectivity index (χ0) is 20.4. The van der Waals surface area contributed by atoms with Gasteiger partial charge in [-0.2, -0.15) is 0 Å². The molecule has 1 N–H and O–H groups in total. The van der Waals surface area contributed by atoms with E-state index in [0.29, 0.717) is 33.1 Å². The first-order valence-corrected chi connectivity index (χ1v) is 10.8. The first-order valence-electron chi connectivity index (χ1n) is 8.91. The lowest BCUT2D eigenvalue weighted by Gasteiger charge is -2.11. The third-order valence-corrected chi connectivity index (χ3v) is 6.58. The first-order chi connectivity index (χ1) is 14.1. The number of hydrogen-bond acceptors (Lipinski definition) is 7. The Hall–Kier alpha value is -2.84. The molecule has 0 spiro atoms. The van der Waals surface area contributed by atoms with Crippen molar-refractivity contribution in [2.45, 2.75) is 17.9 Å². The van der Waals surface area contributed by atoms with Crippen molar-refractivity contribution in [3.63, 3.8) is 0 Å². The highest BCUT2D eigenvalue weighted by molar-refractivity contribution is 7.98. The summed E-state index contributed by atoms with van der Waals surface area (Å²) in [5, 5.41) is 2.42. The summed E-state index contributed by atoms with van der Waals surface area (Å²) in [4.78, 5) is 32.7. The Kier molecular flexibility index (Phi) is 5.55. The van der Waals surface area contributed by atoms with Crippen LogP contribution in [0.1, 0.15) is 33.9 Å². The predicted octanol–water partition coefficient (Wildman–Crippen LogP) is 5.03. The van der Waals surface area contributed by atoms with E-state index < -0.39 is 0 Å². The number of methoxy groups -OCH3 is 1. The van der Waals surface area contributed by atoms with E-state index in [1.807, 2.05) is 36.6 Å². The van der Waals surface area contributed by atoms with Gasteiger partial charge in [0.2, 0.25) is 0 Å². The number of aromatic amines is 1. The van der Waals surface area contributed by atoms with Gasteiger partial charge in [0.25, 0.3) is 5.56 Å². The summed E-state index contributed by atoms with van der Waals surface area (Å²) in [6.45, 7) is 2.00. The van der Waals surface area contributed by atoms with Gasteiger partial charge >= 0.3 is 5.97 Å². The van der Waals surface area contributed by atoms with Crippen LogP contribution in [0.2, 0.25) is 0 Å². The molecule has 0 amide bonds. The molecule has 3 heterocycles. The van der Waals surface area contributed by atoms with E-state index in [-0.39, 0.29) is 16.8 Å². The normalized spacial score (nSPS) is 12.2. The number of fused-ring (bicyclic) bond motifs is 1. The highest BCUT2D eigenvalue weighted by atomic mass is 32.2. The van der Waals surface area contributed by atoms with Crippen molar-refractivity contribution in [1.29, 1.82) is 0 Å². The fourth-order valence-electron chi connectivity index (χ4n) is 2.98. The maximum Gasteiger partial charge on any atom is 0.337 e. The summed E-state index contributed by atoms with van der Waals surface area (Å²) in [7, 11) is 1.37. The molecule has 0 saturated carbocycles. The fraction of sp³-hybridized carbons (Fsp3) is 0.190. The van der Waals surface area contributed by atoms with E-state index in [0.717, 1.165) is 11.1 Å². The van der Waals surface area contributed by atoms with Crippen LogP contribution in [0.25, 0.3) is 21.5 Å². The monoisotopic (exact) mass is 426 g/mol. The van der Waals surface area contributed by atoms with Gasteiger partial charge in [-0.05, 0) is 36.8 Å².